The number of phenols is 1. The van der Waals surface area contributed by atoms with Gasteiger partial charge in [0.1, 0.15) is 66.2 Å². The van der Waals surface area contributed by atoms with Crippen LogP contribution < -0.4 is 58.9 Å². The molecule has 6 rings (SSSR count). The van der Waals surface area contributed by atoms with E-state index in [0.29, 0.717) is 28.8 Å². The molecule has 2 aromatic heterocycles. The maximum absolute atomic E-state index is 14.9. The highest BCUT2D eigenvalue weighted by Gasteiger charge is 2.39. The number of carbonyl (C=O) groups excluding carboxylic acids is 10. The fraction of sp³-hybridized carbons (Fsp3) is 0.485. The lowest BCUT2D eigenvalue weighted by molar-refractivity contribution is -0.142. The summed E-state index contributed by atoms with van der Waals surface area (Å²) in [6.45, 7) is 13.6. The zero-order chi connectivity index (χ0) is 72.6. The summed E-state index contributed by atoms with van der Waals surface area (Å²) in [7, 11) is 2.11. The second-order valence-electron chi connectivity index (χ2n) is 25.5. The van der Waals surface area contributed by atoms with Gasteiger partial charge >= 0.3 is 11.9 Å². The van der Waals surface area contributed by atoms with Gasteiger partial charge in [0.05, 0.1) is 18.8 Å². The third kappa shape index (κ3) is 23.9. The van der Waals surface area contributed by atoms with Crippen molar-refractivity contribution in [2.75, 3.05) is 11.5 Å². The first kappa shape index (κ1) is 78.5. The molecule has 0 spiro atoms. The van der Waals surface area contributed by atoms with Crippen LogP contribution in [0, 0.1) is 23.7 Å². The van der Waals surface area contributed by atoms with Gasteiger partial charge in [0.2, 0.25) is 59.1 Å². The Labute approximate surface area is 581 Å². The zero-order valence-corrected chi connectivity index (χ0v) is 58.2. The lowest BCUT2D eigenvalue weighted by atomic mass is 9.94. The molecule has 0 aliphatic carbocycles. The predicted octanol–water partition coefficient (Wildman–Crippen LogP) is 1.79. The number of aromatic nitrogens is 3. The van der Waals surface area contributed by atoms with Crippen LogP contribution in [0.5, 0.6) is 5.75 Å². The van der Waals surface area contributed by atoms with Crippen molar-refractivity contribution >= 4 is 104 Å². The summed E-state index contributed by atoms with van der Waals surface area (Å²) in [6.07, 6.45) is 3.23. The normalized spacial score (nSPS) is 19.7. The molecule has 536 valence electrons. The first-order valence-electron chi connectivity index (χ1n) is 32.9. The monoisotopic (exact) mass is 1410 g/mol. The third-order valence-corrected chi connectivity index (χ3v) is 19.4. The highest BCUT2D eigenvalue weighted by atomic mass is 33.1. The summed E-state index contributed by atoms with van der Waals surface area (Å²) in [5, 5.41) is 57.8. The van der Waals surface area contributed by atoms with E-state index in [1.165, 1.54) is 24.7 Å². The highest BCUT2D eigenvalue weighted by Crippen LogP contribution is 2.25. The van der Waals surface area contributed by atoms with Crippen LogP contribution in [-0.4, -0.2) is 179 Å². The van der Waals surface area contributed by atoms with Gasteiger partial charge < -0.3 is 84.2 Å². The number of aliphatic carboxylic acids is 2. The number of carboxylic acid groups (broad SMARTS) is 2. The van der Waals surface area contributed by atoms with Crippen LogP contribution in [-0.2, 0) is 83.2 Å². The number of carbonyl (C=O) groups is 12. The van der Waals surface area contributed by atoms with E-state index in [2.05, 4.69) is 68.1 Å². The molecule has 0 saturated carbocycles. The molecular formula is C68H92N14O15S2. The molecular weight excluding hydrogens is 1320 g/mol. The number of H-pyrrole nitrogens is 2. The number of carboxylic acids is 2. The lowest BCUT2D eigenvalue weighted by Crippen LogP contribution is -2.62. The van der Waals surface area contributed by atoms with Gasteiger partial charge in [-0.2, -0.15) is 0 Å². The third-order valence-electron chi connectivity index (χ3n) is 17.0. The number of para-hydroxylation sites is 1. The largest absolute Gasteiger partial charge is 0.508 e. The summed E-state index contributed by atoms with van der Waals surface area (Å²) >= 11 is 0. The Balaban J connectivity index is 1.24. The number of aromatic amines is 2. The number of amides is 10. The minimum absolute atomic E-state index is 0.0520. The highest BCUT2D eigenvalue weighted by molar-refractivity contribution is 8.76. The van der Waals surface area contributed by atoms with Gasteiger partial charge in [-0.05, 0) is 65.0 Å². The molecule has 0 radical (unpaired) electrons. The summed E-state index contributed by atoms with van der Waals surface area (Å²) in [5.41, 5.74) is 9.17. The minimum atomic E-state index is -1.87. The molecule has 17 N–H and O–H groups in total. The SMILES string of the molecule is CC[C@H](C)[C@H](NC(=O)[C@H](CC(=O)O)NC(=O)[C@H](CC(C)C)NC(=O)[C@H](Cc1cnc[nH]1)NC(=O)C1CSSC[C@H](N)C(=O)N[C@@H](C(C)C)C(=O)NC(Cc2ccc(O)cc2)C(=O)N[C@H](Cc2ccccc2)C(=O)N1)C(=O)N[C@H](C(=O)N[C@@H](Cc1c[nH]c2ccccc12)C(=O)O)[C@@H](C)CC. The molecule has 2 unspecified atom stereocenters. The maximum Gasteiger partial charge on any atom is 0.326 e. The molecule has 3 heterocycles. The van der Waals surface area contributed by atoms with Crippen molar-refractivity contribution in [1.29, 1.82) is 0 Å². The topological polar surface area (TPSA) is 456 Å². The van der Waals surface area contributed by atoms with Gasteiger partial charge in [0, 0.05) is 66.2 Å². The van der Waals surface area contributed by atoms with Crippen LogP contribution in [0.4, 0.5) is 0 Å². The van der Waals surface area contributed by atoms with E-state index >= 15 is 0 Å². The maximum atomic E-state index is 14.9. The molecule has 29 nitrogen and oxygen atoms in total. The van der Waals surface area contributed by atoms with Crippen LogP contribution in [0.1, 0.15) is 103 Å². The quantitative estimate of drug-likeness (QED) is 0.0291. The average Bonchev–Trinajstić information content (AvgIpc) is 1.78. The number of aromatic hydroxyl groups is 1. The Kier molecular flexibility index (Phi) is 30.2. The molecule has 5 aromatic rings. The number of benzene rings is 3. The fourth-order valence-corrected chi connectivity index (χ4v) is 13.1. The van der Waals surface area contributed by atoms with E-state index in [1.54, 1.807) is 110 Å². The van der Waals surface area contributed by atoms with Gasteiger partial charge in [-0.25, -0.2) is 9.78 Å². The van der Waals surface area contributed by atoms with Gasteiger partial charge in [-0.3, -0.25) is 52.7 Å². The van der Waals surface area contributed by atoms with Crippen molar-refractivity contribution in [3.63, 3.8) is 0 Å². The summed E-state index contributed by atoms with van der Waals surface area (Å²) < 4.78 is 0. The number of fused-ring (bicyclic) bond motifs is 1. The lowest BCUT2D eigenvalue weighted by Gasteiger charge is -2.31. The minimum Gasteiger partial charge on any atom is -0.508 e. The number of nitrogens with one attached hydrogen (secondary N) is 12. The van der Waals surface area contributed by atoms with Crippen LogP contribution in [0.2, 0.25) is 0 Å². The number of nitrogens with zero attached hydrogens (tertiary/aromatic N) is 1. The van der Waals surface area contributed by atoms with Gasteiger partial charge in [-0.1, -0.05) is 150 Å². The number of hydrogen-bond donors (Lipinski definition) is 16. The molecule has 10 amide bonds. The van der Waals surface area contributed by atoms with Crippen molar-refractivity contribution in [3.8, 4) is 5.75 Å². The standard InChI is InChI=1S/C68H92N14O15S2/c1-9-37(7)56(66(94)78-52(68(96)97)27-41-30-71-46-19-15-14-18-44(41)46)82-67(95)57(38(8)10-2)81-63(91)51(29-54(84)85)76-59(87)47(24-35(3)4)73-62(90)50(28-42-31-70-34-72-42)75-64(92)53-33-99-98-32-45(69)58(86)80-55(36(5)6)65(93)77-49(26-40-20-22-43(83)23-21-40)60(88)74-48(61(89)79-53)25-39-16-12-11-13-17-39/h11-23,30-31,34-38,45,47-53,55-57,71,83H,9-10,24-29,32-33,69H2,1-8H3,(H,70,72)(H,73,90)(H,74,88)(H,75,92)(H,76,87)(H,77,93)(H,78,94)(H,79,89)(H,80,86)(H,81,91)(H,82,95)(H,84,85)(H,96,97)/t37-,38-,45-,47-,48+,49?,50-,51-,52-,53?,55-,56-,57-/m0/s1. The Hall–Kier alpha value is -9.49. The second kappa shape index (κ2) is 38.0. The molecule has 1 aliphatic heterocycles. The molecule has 3 aromatic carbocycles. The first-order chi connectivity index (χ1) is 47.0. The van der Waals surface area contributed by atoms with E-state index in [4.69, 9.17) is 5.73 Å². The Morgan fingerprint density at radius 3 is 1.73 bits per heavy atom. The van der Waals surface area contributed by atoms with Crippen LogP contribution in [0.15, 0.2) is 97.6 Å². The van der Waals surface area contributed by atoms with E-state index in [9.17, 15) is 72.9 Å². The number of rotatable bonds is 30. The van der Waals surface area contributed by atoms with E-state index in [1.807, 2.05) is 18.2 Å². The van der Waals surface area contributed by atoms with Crippen molar-refractivity contribution < 1.29 is 72.9 Å². The molecule has 1 aliphatic rings. The van der Waals surface area contributed by atoms with Crippen LogP contribution >= 0.6 is 21.6 Å². The molecule has 1 fully saturated rings. The molecule has 31 heteroatoms. The van der Waals surface area contributed by atoms with Crippen molar-refractivity contribution in [2.24, 2.45) is 29.4 Å². The van der Waals surface area contributed by atoms with E-state index in [-0.39, 0.29) is 61.7 Å². The van der Waals surface area contributed by atoms with Gasteiger partial charge in [0.15, 0.2) is 0 Å². The Morgan fingerprint density at radius 1 is 0.586 bits per heavy atom. The number of imidazole rings is 1. The van der Waals surface area contributed by atoms with Crippen molar-refractivity contribution in [1.82, 2.24) is 68.1 Å². The molecule has 99 heavy (non-hydrogen) atoms. The number of hydrogen-bond acceptors (Lipinski definition) is 17. The van der Waals surface area contributed by atoms with Crippen LogP contribution in [0.3, 0.4) is 0 Å². The second-order valence-corrected chi connectivity index (χ2v) is 28.1. The fourth-order valence-electron chi connectivity index (χ4n) is 10.8. The van der Waals surface area contributed by atoms with E-state index < -0.39 is 162 Å². The number of phenolic OH excluding ortho intramolecular Hbond substituents is 1. The van der Waals surface area contributed by atoms with Crippen LogP contribution in [0.25, 0.3) is 10.9 Å². The zero-order valence-electron chi connectivity index (χ0n) is 56.6. The van der Waals surface area contributed by atoms with Crippen molar-refractivity contribution in [3.05, 3.63) is 120 Å². The molecule has 0 bridgehead atoms. The van der Waals surface area contributed by atoms with Crippen molar-refractivity contribution in [2.45, 2.75) is 173 Å². The molecule has 1 saturated heterocycles. The first-order valence-corrected chi connectivity index (χ1v) is 35.4. The predicted molar refractivity (Wildman–Crippen MR) is 372 cm³/mol. The van der Waals surface area contributed by atoms with Gasteiger partial charge in [0.25, 0.3) is 0 Å². The summed E-state index contributed by atoms with van der Waals surface area (Å²) in [5.74, 6) is -14.0. The smallest absolute Gasteiger partial charge is 0.326 e. The Bertz CT molecular complexity index is 3600. The average molecular weight is 1410 g/mol. The van der Waals surface area contributed by atoms with E-state index in [0.717, 1.165) is 32.5 Å². The summed E-state index contributed by atoms with van der Waals surface area (Å²) in [6, 6.07) is 6.02. The number of nitrogens with two attached hydrogens (primary N) is 1. The molecule has 13 atom stereocenters. The summed E-state index contributed by atoms with van der Waals surface area (Å²) in [4.78, 5) is 179. The van der Waals surface area contributed by atoms with Gasteiger partial charge in [-0.15, -0.1) is 0 Å². The Morgan fingerprint density at radius 2 is 1.13 bits per heavy atom.